The third-order valence-corrected chi connectivity index (χ3v) is 8.48. The van der Waals surface area contributed by atoms with Gasteiger partial charge < -0.3 is 4.74 Å². The van der Waals surface area contributed by atoms with E-state index in [4.69, 9.17) is 4.74 Å². The van der Waals surface area contributed by atoms with Crippen molar-refractivity contribution in [1.82, 2.24) is 0 Å². The monoisotopic (exact) mass is 400 g/mol. The molecule has 0 aliphatic heterocycles. The zero-order valence-corrected chi connectivity index (χ0v) is 18.5. The molecule has 0 N–H and O–H groups in total. The number of ketones is 2. The highest BCUT2D eigenvalue weighted by Gasteiger charge is 2.59. The van der Waals surface area contributed by atoms with Crippen LogP contribution in [0.4, 0.5) is 0 Å². The van der Waals surface area contributed by atoms with Crippen LogP contribution in [0.25, 0.3) is 0 Å². The SMILES string of the molecule is C[C@@H]1CC2=CC(=O)CCC2C2CC[C@]3(CCOC(=O)C(C)(C)C)C(=O)CCC3C21. The highest BCUT2D eigenvalue weighted by atomic mass is 16.5. The normalized spacial score (nSPS) is 39.3. The van der Waals surface area contributed by atoms with Gasteiger partial charge in [-0.1, -0.05) is 12.5 Å². The molecule has 0 aromatic heterocycles. The Kier molecular flexibility index (Phi) is 5.28. The van der Waals surface area contributed by atoms with Crippen LogP contribution in [0.3, 0.4) is 0 Å². The number of fused-ring (bicyclic) bond motifs is 5. The van der Waals surface area contributed by atoms with E-state index in [1.54, 1.807) is 0 Å². The van der Waals surface area contributed by atoms with Gasteiger partial charge in [-0.25, -0.2) is 0 Å². The molecule has 4 rings (SSSR count). The number of carbonyl (C=O) groups excluding carboxylic acids is 3. The smallest absolute Gasteiger partial charge is 0.311 e. The number of carbonyl (C=O) groups is 3. The van der Waals surface area contributed by atoms with Crippen molar-refractivity contribution in [3.05, 3.63) is 11.6 Å². The Labute approximate surface area is 174 Å². The lowest BCUT2D eigenvalue weighted by molar-refractivity contribution is -0.156. The largest absolute Gasteiger partial charge is 0.465 e. The van der Waals surface area contributed by atoms with Gasteiger partial charge in [0.15, 0.2) is 5.78 Å². The maximum absolute atomic E-state index is 13.1. The van der Waals surface area contributed by atoms with Crippen molar-refractivity contribution >= 4 is 17.5 Å². The Morgan fingerprint density at radius 1 is 1.17 bits per heavy atom. The third kappa shape index (κ3) is 3.51. The van der Waals surface area contributed by atoms with Gasteiger partial charge in [-0.2, -0.15) is 0 Å². The number of allylic oxidation sites excluding steroid dienone is 1. The van der Waals surface area contributed by atoms with E-state index in [1.807, 2.05) is 26.8 Å². The minimum atomic E-state index is -0.506. The molecule has 4 aliphatic rings. The minimum absolute atomic E-state index is 0.183. The lowest BCUT2D eigenvalue weighted by Crippen LogP contribution is -2.51. The summed E-state index contributed by atoms with van der Waals surface area (Å²) in [5, 5.41) is 0. The first-order valence-electron chi connectivity index (χ1n) is 11.6. The molecule has 29 heavy (non-hydrogen) atoms. The average Bonchev–Trinajstić information content (AvgIpc) is 2.97. The molecule has 0 heterocycles. The number of rotatable bonds is 3. The van der Waals surface area contributed by atoms with Crippen LogP contribution < -0.4 is 0 Å². The van der Waals surface area contributed by atoms with E-state index in [2.05, 4.69) is 6.92 Å². The molecule has 160 valence electrons. The number of Topliss-reactive ketones (excluding diaryl/α,β-unsaturated/α-hetero) is 1. The molecule has 0 aromatic carbocycles. The lowest BCUT2D eigenvalue weighted by Gasteiger charge is -2.55. The summed E-state index contributed by atoms with van der Waals surface area (Å²) in [5.74, 6) is 3.16. The summed E-state index contributed by atoms with van der Waals surface area (Å²) in [6.07, 6.45) is 8.97. The van der Waals surface area contributed by atoms with Gasteiger partial charge in [0.05, 0.1) is 12.0 Å². The molecule has 4 nitrogen and oxygen atoms in total. The van der Waals surface area contributed by atoms with E-state index in [-0.39, 0.29) is 11.4 Å². The van der Waals surface area contributed by atoms with Crippen LogP contribution in [0.2, 0.25) is 0 Å². The van der Waals surface area contributed by atoms with Crippen LogP contribution in [0.1, 0.15) is 79.1 Å². The number of ether oxygens (including phenoxy) is 1. The van der Waals surface area contributed by atoms with Gasteiger partial charge in [0.2, 0.25) is 0 Å². The van der Waals surface area contributed by atoms with Gasteiger partial charge in [0.1, 0.15) is 5.78 Å². The van der Waals surface area contributed by atoms with Gasteiger partial charge in [-0.3, -0.25) is 14.4 Å². The van der Waals surface area contributed by atoms with Crippen molar-refractivity contribution in [2.24, 2.45) is 40.4 Å². The summed E-state index contributed by atoms with van der Waals surface area (Å²) in [5.41, 5.74) is 0.582. The molecular weight excluding hydrogens is 364 g/mol. The van der Waals surface area contributed by atoms with E-state index in [0.29, 0.717) is 67.0 Å². The topological polar surface area (TPSA) is 60.4 Å². The zero-order valence-electron chi connectivity index (χ0n) is 18.5. The van der Waals surface area contributed by atoms with Crippen LogP contribution in [-0.4, -0.2) is 24.1 Å². The average molecular weight is 401 g/mol. The lowest BCUT2D eigenvalue weighted by atomic mass is 9.49. The zero-order chi connectivity index (χ0) is 21.0. The van der Waals surface area contributed by atoms with Crippen LogP contribution in [0, 0.1) is 40.4 Å². The van der Waals surface area contributed by atoms with E-state index >= 15 is 0 Å². The summed E-state index contributed by atoms with van der Waals surface area (Å²) >= 11 is 0. The maximum Gasteiger partial charge on any atom is 0.311 e. The third-order valence-electron chi connectivity index (χ3n) is 8.48. The molecule has 0 spiro atoms. The van der Waals surface area contributed by atoms with Gasteiger partial charge in [-0.05, 0) is 95.0 Å². The molecule has 4 unspecified atom stereocenters. The quantitative estimate of drug-likeness (QED) is 0.632. The van der Waals surface area contributed by atoms with Gasteiger partial charge in [0.25, 0.3) is 0 Å². The van der Waals surface area contributed by atoms with Crippen molar-refractivity contribution < 1.29 is 19.1 Å². The standard InChI is InChI=1S/C25H36O4/c1-15-13-16-14-17(26)5-6-18(16)19-9-10-25(11-12-29-23(28)24(2,3)4)20(22(15)19)7-8-21(25)27/h14-15,18-20,22H,5-13H2,1-4H3/t15-,18?,19?,20?,22?,25-/m1/s1. The highest BCUT2D eigenvalue weighted by Crippen LogP contribution is 2.63. The Hall–Kier alpha value is -1.45. The second-order valence-corrected chi connectivity index (χ2v) is 11.2. The fraction of sp³-hybridized carbons (Fsp3) is 0.800. The predicted octanol–water partition coefficient (Wildman–Crippen LogP) is 4.90. The molecule has 0 bridgehead atoms. The van der Waals surface area contributed by atoms with Crippen molar-refractivity contribution in [2.45, 2.75) is 79.1 Å². The van der Waals surface area contributed by atoms with Crippen LogP contribution >= 0.6 is 0 Å². The maximum atomic E-state index is 13.1. The summed E-state index contributed by atoms with van der Waals surface area (Å²) in [6, 6.07) is 0. The first-order chi connectivity index (χ1) is 13.6. The Balaban J connectivity index is 1.53. The number of esters is 1. The highest BCUT2D eigenvalue weighted by molar-refractivity contribution is 5.91. The van der Waals surface area contributed by atoms with Crippen LogP contribution in [-0.2, 0) is 19.1 Å². The van der Waals surface area contributed by atoms with Crippen LogP contribution in [0.15, 0.2) is 11.6 Å². The molecule has 3 fully saturated rings. The number of hydrogen-bond acceptors (Lipinski definition) is 4. The predicted molar refractivity (Wildman–Crippen MR) is 111 cm³/mol. The van der Waals surface area contributed by atoms with E-state index in [1.165, 1.54) is 5.57 Å². The van der Waals surface area contributed by atoms with Crippen molar-refractivity contribution in [1.29, 1.82) is 0 Å². The molecular formula is C25H36O4. The summed E-state index contributed by atoms with van der Waals surface area (Å²) in [4.78, 5) is 37.3. The van der Waals surface area contributed by atoms with E-state index in [0.717, 1.165) is 32.1 Å². The Morgan fingerprint density at radius 3 is 2.66 bits per heavy atom. The van der Waals surface area contributed by atoms with Gasteiger partial charge in [-0.15, -0.1) is 0 Å². The molecule has 0 saturated heterocycles. The molecule has 0 aromatic rings. The number of hydrogen-bond donors (Lipinski definition) is 0. The van der Waals surface area contributed by atoms with Gasteiger partial charge in [0, 0.05) is 18.3 Å². The summed E-state index contributed by atoms with van der Waals surface area (Å²) in [6.45, 7) is 8.28. The van der Waals surface area contributed by atoms with Crippen molar-refractivity contribution in [3.63, 3.8) is 0 Å². The Bertz CT molecular complexity index is 742. The molecule has 3 saturated carbocycles. The van der Waals surface area contributed by atoms with Crippen LogP contribution in [0.5, 0.6) is 0 Å². The second-order valence-electron chi connectivity index (χ2n) is 11.2. The van der Waals surface area contributed by atoms with E-state index < -0.39 is 5.41 Å². The fourth-order valence-electron chi connectivity index (χ4n) is 7.18. The first kappa shape index (κ1) is 20.8. The van der Waals surface area contributed by atoms with Gasteiger partial charge >= 0.3 is 5.97 Å². The summed E-state index contributed by atoms with van der Waals surface area (Å²) < 4.78 is 5.58. The molecule has 0 amide bonds. The molecule has 0 radical (unpaired) electrons. The summed E-state index contributed by atoms with van der Waals surface area (Å²) in [7, 11) is 0. The molecule has 4 heteroatoms. The second kappa shape index (κ2) is 7.35. The van der Waals surface area contributed by atoms with Crippen molar-refractivity contribution in [2.75, 3.05) is 6.61 Å². The van der Waals surface area contributed by atoms with E-state index in [9.17, 15) is 14.4 Å². The van der Waals surface area contributed by atoms with Crippen molar-refractivity contribution in [3.8, 4) is 0 Å². The first-order valence-corrected chi connectivity index (χ1v) is 11.6. The molecule has 6 atom stereocenters. The Morgan fingerprint density at radius 2 is 1.93 bits per heavy atom. The molecule has 4 aliphatic carbocycles. The fourth-order valence-corrected chi connectivity index (χ4v) is 7.18. The minimum Gasteiger partial charge on any atom is -0.465 e.